The summed E-state index contributed by atoms with van der Waals surface area (Å²) in [7, 11) is 3.36. The Labute approximate surface area is 103 Å². The third-order valence-corrected chi connectivity index (χ3v) is 2.53. The lowest BCUT2D eigenvalue weighted by molar-refractivity contribution is 0.0783. The van der Waals surface area contributed by atoms with Crippen LogP contribution in [0.15, 0.2) is 18.7 Å². The molecule has 0 saturated heterocycles. The number of aromatic nitrogens is 2. The van der Waals surface area contributed by atoms with Gasteiger partial charge in [0.1, 0.15) is 6.33 Å². The lowest BCUT2D eigenvalue weighted by Gasteiger charge is -2.19. The van der Waals surface area contributed by atoms with Crippen molar-refractivity contribution < 1.29 is 9.53 Å². The van der Waals surface area contributed by atoms with Crippen LogP contribution in [0.4, 0.5) is 0 Å². The van der Waals surface area contributed by atoms with Crippen LogP contribution in [0.1, 0.15) is 10.4 Å². The Morgan fingerprint density at radius 1 is 1.56 bits per heavy atom. The number of halogens is 1. The molecule has 88 valence electrons. The minimum absolute atomic E-state index is 0.0962. The Morgan fingerprint density at radius 3 is 2.75 bits per heavy atom. The molecule has 0 aliphatic rings. The largest absolute Gasteiger partial charge is 0.383 e. The van der Waals surface area contributed by atoms with Crippen molar-refractivity contribution in [3.8, 4) is 0 Å². The molecule has 0 radical (unpaired) electrons. The predicted octanol–water partition coefficient (Wildman–Crippen LogP) is 0.959. The van der Waals surface area contributed by atoms with E-state index in [4.69, 9.17) is 4.74 Å². The molecule has 0 N–H and O–H groups in total. The molecule has 0 fully saturated rings. The average Bonchev–Trinajstić information content (AvgIpc) is 2.29. The number of alkyl halides is 1. The maximum atomic E-state index is 11.9. The molecule has 1 aromatic heterocycles. The van der Waals surface area contributed by atoms with E-state index >= 15 is 0 Å². The van der Waals surface area contributed by atoms with Crippen LogP contribution in [-0.4, -0.2) is 52.9 Å². The molecule has 0 bridgehead atoms. The molecule has 1 aromatic rings. The zero-order valence-corrected chi connectivity index (χ0v) is 10.8. The van der Waals surface area contributed by atoms with Gasteiger partial charge in [0.15, 0.2) is 0 Å². The standard InChI is InChI=1S/C10H14BrN3O2/c1-14(5-9(11)6-16-2)10(15)8-3-12-7-13-4-8/h3-4,7,9H,5-6H2,1-2H3. The average molecular weight is 288 g/mol. The van der Waals surface area contributed by atoms with Crippen LogP contribution >= 0.6 is 15.9 Å². The van der Waals surface area contributed by atoms with Gasteiger partial charge in [0.2, 0.25) is 0 Å². The lowest BCUT2D eigenvalue weighted by Crippen LogP contribution is -2.33. The molecule has 1 atom stereocenters. The first kappa shape index (κ1) is 13.1. The van der Waals surface area contributed by atoms with Crippen LogP contribution < -0.4 is 0 Å². The van der Waals surface area contributed by atoms with E-state index in [1.54, 1.807) is 19.1 Å². The van der Waals surface area contributed by atoms with Gasteiger partial charge in [0, 0.05) is 33.1 Å². The highest BCUT2D eigenvalue weighted by Crippen LogP contribution is 2.05. The van der Waals surface area contributed by atoms with Gasteiger partial charge in [-0.05, 0) is 0 Å². The molecule has 0 spiro atoms. The molecular weight excluding hydrogens is 274 g/mol. The number of ether oxygens (including phenoxy) is 1. The molecule has 0 aliphatic carbocycles. The fourth-order valence-electron chi connectivity index (χ4n) is 1.24. The van der Waals surface area contributed by atoms with Gasteiger partial charge in [0.25, 0.3) is 5.91 Å². The first-order chi connectivity index (χ1) is 7.65. The monoisotopic (exact) mass is 287 g/mol. The number of nitrogens with zero attached hydrogens (tertiary/aromatic N) is 3. The Balaban J connectivity index is 2.55. The Morgan fingerprint density at radius 2 is 2.19 bits per heavy atom. The number of rotatable bonds is 5. The molecule has 0 aliphatic heterocycles. The Hall–Kier alpha value is -1.01. The molecule has 1 heterocycles. The summed E-state index contributed by atoms with van der Waals surface area (Å²) < 4.78 is 4.98. The smallest absolute Gasteiger partial charge is 0.256 e. The molecule has 5 nitrogen and oxygen atoms in total. The van der Waals surface area contributed by atoms with Gasteiger partial charge in [-0.2, -0.15) is 0 Å². The summed E-state index contributed by atoms with van der Waals surface area (Å²) in [6.45, 7) is 1.13. The molecule has 0 aromatic carbocycles. The summed E-state index contributed by atoms with van der Waals surface area (Å²) >= 11 is 3.43. The molecule has 0 saturated carbocycles. The van der Waals surface area contributed by atoms with Gasteiger partial charge in [-0.25, -0.2) is 9.97 Å². The first-order valence-electron chi connectivity index (χ1n) is 4.78. The molecule has 1 amide bonds. The van der Waals surface area contributed by atoms with E-state index in [0.29, 0.717) is 18.7 Å². The van der Waals surface area contributed by atoms with Crippen LogP contribution in [0.3, 0.4) is 0 Å². The van der Waals surface area contributed by atoms with Crippen molar-refractivity contribution in [3.63, 3.8) is 0 Å². The fraction of sp³-hybridized carbons (Fsp3) is 0.500. The summed E-state index contributed by atoms with van der Waals surface area (Å²) in [5.41, 5.74) is 0.488. The summed E-state index contributed by atoms with van der Waals surface area (Å²) in [5, 5.41) is 0. The van der Waals surface area contributed by atoms with Crippen molar-refractivity contribution in [2.75, 3.05) is 27.3 Å². The van der Waals surface area contributed by atoms with Gasteiger partial charge in [-0.1, -0.05) is 15.9 Å². The zero-order chi connectivity index (χ0) is 12.0. The number of amides is 1. The number of methoxy groups -OCH3 is 1. The third-order valence-electron chi connectivity index (χ3n) is 1.97. The third kappa shape index (κ3) is 3.86. The topological polar surface area (TPSA) is 55.3 Å². The highest BCUT2D eigenvalue weighted by atomic mass is 79.9. The van der Waals surface area contributed by atoms with Gasteiger partial charge in [-0.3, -0.25) is 4.79 Å². The molecular formula is C10H14BrN3O2. The Bertz CT molecular complexity index is 334. The van der Waals surface area contributed by atoms with Gasteiger partial charge < -0.3 is 9.64 Å². The van der Waals surface area contributed by atoms with Gasteiger partial charge in [-0.15, -0.1) is 0 Å². The number of carbonyl (C=O) groups is 1. The van der Waals surface area contributed by atoms with Crippen LogP contribution in [0, 0.1) is 0 Å². The first-order valence-corrected chi connectivity index (χ1v) is 5.70. The normalized spacial score (nSPS) is 12.2. The van der Waals surface area contributed by atoms with Gasteiger partial charge in [0.05, 0.1) is 17.0 Å². The molecule has 1 unspecified atom stereocenters. The summed E-state index contributed by atoms with van der Waals surface area (Å²) in [4.78, 5) is 21.2. The fourth-order valence-corrected chi connectivity index (χ4v) is 1.94. The van der Waals surface area contributed by atoms with Crippen molar-refractivity contribution >= 4 is 21.8 Å². The minimum Gasteiger partial charge on any atom is -0.383 e. The van der Waals surface area contributed by atoms with Crippen LogP contribution in [0.5, 0.6) is 0 Å². The van der Waals surface area contributed by atoms with Crippen molar-refractivity contribution in [1.29, 1.82) is 0 Å². The second-order valence-electron chi connectivity index (χ2n) is 3.37. The van der Waals surface area contributed by atoms with Crippen molar-refractivity contribution in [2.45, 2.75) is 4.83 Å². The van der Waals surface area contributed by atoms with E-state index in [0.717, 1.165) is 0 Å². The second kappa shape index (κ2) is 6.55. The van der Waals surface area contributed by atoms with Crippen LogP contribution in [-0.2, 0) is 4.74 Å². The van der Waals surface area contributed by atoms with Gasteiger partial charge >= 0.3 is 0 Å². The molecule has 16 heavy (non-hydrogen) atoms. The highest BCUT2D eigenvalue weighted by Gasteiger charge is 2.15. The zero-order valence-electron chi connectivity index (χ0n) is 9.26. The maximum absolute atomic E-state index is 11.9. The SMILES string of the molecule is COCC(Br)CN(C)C(=O)c1cncnc1. The lowest BCUT2D eigenvalue weighted by atomic mass is 10.3. The predicted molar refractivity (Wildman–Crippen MR) is 63.6 cm³/mol. The summed E-state index contributed by atoms with van der Waals surface area (Å²) in [5.74, 6) is -0.0962. The minimum atomic E-state index is -0.0962. The van der Waals surface area contributed by atoms with E-state index in [1.165, 1.54) is 18.7 Å². The quantitative estimate of drug-likeness (QED) is 0.757. The van der Waals surface area contributed by atoms with E-state index in [-0.39, 0.29) is 10.7 Å². The van der Waals surface area contributed by atoms with E-state index < -0.39 is 0 Å². The van der Waals surface area contributed by atoms with Crippen molar-refractivity contribution in [2.24, 2.45) is 0 Å². The summed E-state index contributed by atoms with van der Waals surface area (Å²) in [6.07, 6.45) is 4.41. The second-order valence-corrected chi connectivity index (χ2v) is 4.66. The van der Waals surface area contributed by atoms with Crippen molar-refractivity contribution in [1.82, 2.24) is 14.9 Å². The number of hydrogen-bond acceptors (Lipinski definition) is 4. The van der Waals surface area contributed by atoms with E-state index in [1.807, 2.05) is 0 Å². The Kier molecular flexibility index (Phi) is 5.34. The van der Waals surface area contributed by atoms with E-state index in [9.17, 15) is 4.79 Å². The van der Waals surface area contributed by atoms with Crippen molar-refractivity contribution in [3.05, 3.63) is 24.3 Å². The van der Waals surface area contributed by atoms with Crippen LogP contribution in [0.2, 0.25) is 0 Å². The highest BCUT2D eigenvalue weighted by molar-refractivity contribution is 9.09. The maximum Gasteiger partial charge on any atom is 0.256 e. The number of carbonyl (C=O) groups excluding carboxylic acids is 1. The molecule has 6 heteroatoms. The van der Waals surface area contributed by atoms with E-state index in [2.05, 4.69) is 25.9 Å². The molecule has 1 rings (SSSR count). The number of hydrogen-bond donors (Lipinski definition) is 0. The summed E-state index contributed by atoms with van der Waals surface area (Å²) in [6, 6.07) is 0. The van der Waals surface area contributed by atoms with Crippen LogP contribution in [0.25, 0.3) is 0 Å².